The summed E-state index contributed by atoms with van der Waals surface area (Å²) >= 11 is 0. The minimum absolute atomic E-state index is 0.0977. The standard InChI is InChI=1S/C21H18N4O2/c1-25-18(14-8-3-2-4-9-14)17(15-10-5-6-11-16(15)20(25)27)19(26)24-21-22-12-7-13-23-21/h2-13,17-18H,1H3,(H,22,23,24,26). The molecule has 0 spiro atoms. The van der Waals surface area contributed by atoms with Crippen LogP contribution >= 0.6 is 0 Å². The second-order valence-corrected chi connectivity index (χ2v) is 6.40. The molecule has 2 heterocycles. The highest BCUT2D eigenvalue weighted by Gasteiger charge is 2.42. The molecule has 6 nitrogen and oxygen atoms in total. The van der Waals surface area contributed by atoms with Crippen molar-refractivity contribution in [1.82, 2.24) is 14.9 Å². The molecular weight excluding hydrogens is 340 g/mol. The number of carbonyl (C=O) groups is 2. The molecule has 2 atom stereocenters. The third kappa shape index (κ3) is 3.06. The smallest absolute Gasteiger partial charge is 0.254 e. The molecule has 0 aliphatic carbocycles. The van der Waals surface area contributed by atoms with Crippen molar-refractivity contribution in [2.45, 2.75) is 12.0 Å². The summed E-state index contributed by atoms with van der Waals surface area (Å²) in [6, 6.07) is 18.1. The van der Waals surface area contributed by atoms with Crippen molar-refractivity contribution in [3.05, 3.63) is 89.7 Å². The van der Waals surface area contributed by atoms with Gasteiger partial charge >= 0.3 is 0 Å². The maximum atomic E-state index is 13.2. The average Bonchev–Trinajstić information content (AvgIpc) is 2.72. The molecule has 2 unspecified atom stereocenters. The van der Waals surface area contributed by atoms with Gasteiger partial charge in [-0.3, -0.25) is 14.9 Å². The van der Waals surface area contributed by atoms with Crippen LogP contribution in [0.2, 0.25) is 0 Å². The summed E-state index contributed by atoms with van der Waals surface area (Å²) in [5.41, 5.74) is 2.15. The molecule has 1 aromatic heterocycles. The van der Waals surface area contributed by atoms with Crippen LogP contribution in [0.25, 0.3) is 0 Å². The number of benzene rings is 2. The number of rotatable bonds is 3. The van der Waals surface area contributed by atoms with Gasteiger partial charge in [-0.2, -0.15) is 0 Å². The molecule has 27 heavy (non-hydrogen) atoms. The monoisotopic (exact) mass is 358 g/mol. The van der Waals surface area contributed by atoms with Gasteiger partial charge in [0.25, 0.3) is 5.91 Å². The van der Waals surface area contributed by atoms with E-state index in [1.807, 2.05) is 48.5 Å². The van der Waals surface area contributed by atoms with Crippen molar-refractivity contribution < 1.29 is 9.59 Å². The predicted molar refractivity (Wildman–Crippen MR) is 101 cm³/mol. The number of nitrogens with zero attached hydrogens (tertiary/aromatic N) is 3. The van der Waals surface area contributed by atoms with Gasteiger partial charge < -0.3 is 4.90 Å². The summed E-state index contributed by atoms with van der Waals surface area (Å²) in [7, 11) is 1.73. The van der Waals surface area contributed by atoms with Crippen LogP contribution < -0.4 is 5.32 Å². The second kappa shape index (κ2) is 6.99. The van der Waals surface area contributed by atoms with E-state index in [-0.39, 0.29) is 17.8 Å². The van der Waals surface area contributed by atoms with Crippen LogP contribution in [0.4, 0.5) is 5.95 Å². The van der Waals surface area contributed by atoms with Crippen LogP contribution in [0.15, 0.2) is 73.1 Å². The van der Waals surface area contributed by atoms with Crippen molar-refractivity contribution in [2.75, 3.05) is 12.4 Å². The summed E-state index contributed by atoms with van der Waals surface area (Å²) < 4.78 is 0. The zero-order chi connectivity index (χ0) is 18.8. The zero-order valence-electron chi connectivity index (χ0n) is 14.7. The predicted octanol–water partition coefficient (Wildman–Crippen LogP) is 3.03. The van der Waals surface area contributed by atoms with Gasteiger partial charge in [0.1, 0.15) is 0 Å². The number of amides is 2. The molecule has 1 aliphatic rings. The fourth-order valence-electron chi connectivity index (χ4n) is 3.58. The van der Waals surface area contributed by atoms with Crippen LogP contribution in [0.3, 0.4) is 0 Å². The van der Waals surface area contributed by atoms with Crippen LogP contribution in [0, 0.1) is 0 Å². The summed E-state index contributed by atoms with van der Waals surface area (Å²) in [6.45, 7) is 0. The van der Waals surface area contributed by atoms with Gasteiger partial charge in [0.2, 0.25) is 11.9 Å². The number of carbonyl (C=O) groups excluding carboxylic acids is 2. The number of nitrogens with one attached hydrogen (secondary N) is 1. The number of hydrogen-bond donors (Lipinski definition) is 1. The minimum Gasteiger partial charge on any atom is -0.334 e. The van der Waals surface area contributed by atoms with Crippen LogP contribution in [-0.2, 0) is 4.79 Å². The van der Waals surface area contributed by atoms with Crippen LogP contribution in [-0.4, -0.2) is 33.7 Å². The third-order valence-electron chi connectivity index (χ3n) is 4.80. The molecular formula is C21H18N4O2. The zero-order valence-corrected chi connectivity index (χ0v) is 14.7. The highest BCUT2D eigenvalue weighted by atomic mass is 16.2. The molecule has 4 rings (SSSR count). The van der Waals surface area contributed by atoms with Crippen molar-refractivity contribution in [1.29, 1.82) is 0 Å². The fourth-order valence-corrected chi connectivity index (χ4v) is 3.58. The van der Waals surface area contributed by atoms with Gasteiger partial charge in [0.15, 0.2) is 0 Å². The summed E-state index contributed by atoms with van der Waals surface area (Å²) in [5, 5.41) is 2.79. The largest absolute Gasteiger partial charge is 0.334 e. The number of aromatic nitrogens is 2. The Hall–Kier alpha value is -3.54. The Balaban J connectivity index is 1.81. The lowest BCUT2D eigenvalue weighted by molar-refractivity contribution is -0.119. The topological polar surface area (TPSA) is 75.2 Å². The lowest BCUT2D eigenvalue weighted by Gasteiger charge is -2.39. The molecule has 0 fully saturated rings. The van der Waals surface area contributed by atoms with Gasteiger partial charge in [-0.1, -0.05) is 48.5 Å². The number of likely N-dealkylation sites (N-methyl/N-ethyl adjacent to an activating group) is 1. The van der Waals surface area contributed by atoms with Gasteiger partial charge in [0.05, 0.1) is 12.0 Å². The quantitative estimate of drug-likeness (QED) is 0.781. The third-order valence-corrected chi connectivity index (χ3v) is 4.80. The van der Waals surface area contributed by atoms with Gasteiger partial charge in [-0.15, -0.1) is 0 Å². The first kappa shape index (κ1) is 16.9. The Bertz CT molecular complexity index is 976. The van der Waals surface area contributed by atoms with E-state index in [0.717, 1.165) is 5.56 Å². The van der Waals surface area contributed by atoms with E-state index < -0.39 is 12.0 Å². The van der Waals surface area contributed by atoms with Crippen LogP contribution in [0.1, 0.15) is 33.4 Å². The van der Waals surface area contributed by atoms with E-state index in [4.69, 9.17) is 0 Å². The summed E-state index contributed by atoms with van der Waals surface area (Å²) in [5.74, 6) is -0.678. The fraction of sp³-hybridized carbons (Fsp3) is 0.143. The number of fused-ring (bicyclic) bond motifs is 1. The number of anilines is 1. The molecule has 0 saturated heterocycles. The first-order valence-electron chi connectivity index (χ1n) is 8.65. The summed E-state index contributed by atoms with van der Waals surface area (Å²) in [4.78, 5) is 35.9. The highest BCUT2D eigenvalue weighted by molar-refractivity contribution is 6.03. The van der Waals surface area contributed by atoms with E-state index in [0.29, 0.717) is 11.1 Å². The SMILES string of the molecule is CN1C(=O)c2ccccc2C(C(=O)Nc2ncccn2)C1c1ccccc1. The normalized spacial score (nSPS) is 18.7. The maximum Gasteiger partial charge on any atom is 0.254 e. The summed E-state index contributed by atoms with van der Waals surface area (Å²) in [6.07, 6.45) is 3.14. The highest BCUT2D eigenvalue weighted by Crippen LogP contribution is 2.42. The number of hydrogen-bond acceptors (Lipinski definition) is 4. The van der Waals surface area contributed by atoms with E-state index in [1.165, 1.54) is 0 Å². The van der Waals surface area contributed by atoms with Crippen molar-refractivity contribution in [3.8, 4) is 0 Å². The van der Waals surface area contributed by atoms with E-state index >= 15 is 0 Å². The van der Waals surface area contributed by atoms with Crippen LogP contribution in [0.5, 0.6) is 0 Å². The lowest BCUT2D eigenvalue weighted by Crippen LogP contribution is -2.44. The van der Waals surface area contributed by atoms with E-state index in [9.17, 15) is 9.59 Å². The first-order valence-corrected chi connectivity index (χ1v) is 8.65. The molecule has 2 amide bonds. The Morgan fingerprint density at radius 1 is 0.963 bits per heavy atom. The second-order valence-electron chi connectivity index (χ2n) is 6.40. The Morgan fingerprint density at radius 2 is 1.63 bits per heavy atom. The minimum atomic E-state index is -0.574. The molecule has 3 aromatic rings. The Kier molecular flexibility index (Phi) is 4.38. The molecule has 1 N–H and O–H groups in total. The lowest BCUT2D eigenvalue weighted by atomic mass is 9.79. The molecule has 6 heteroatoms. The molecule has 134 valence electrons. The van der Waals surface area contributed by atoms with Gasteiger partial charge in [-0.25, -0.2) is 9.97 Å². The van der Waals surface area contributed by atoms with Crippen molar-refractivity contribution in [3.63, 3.8) is 0 Å². The van der Waals surface area contributed by atoms with E-state index in [1.54, 1.807) is 36.5 Å². The average molecular weight is 358 g/mol. The maximum absolute atomic E-state index is 13.2. The first-order chi connectivity index (χ1) is 13.2. The van der Waals surface area contributed by atoms with Gasteiger partial charge in [-0.05, 0) is 23.3 Å². The molecule has 1 aliphatic heterocycles. The van der Waals surface area contributed by atoms with E-state index in [2.05, 4.69) is 15.3 Å². The molecule has 0 saturated carbocycles. The molecule has 0 bridgehead atoms. The Morgan fingerprint density at radius 3 is 2.37 bits per heavy atom. The van der Waals surface area contributed by atoms with Crippen molar-refractivity contribution >= 4 is 17.8 Å². The van der Waals surface area contributed by atoms with Gasteiger partial charge in [0, 0.05) is 25.0 Å². The molecule has 2 aromatic carbocycles. The van der Waals surface area contributed by atoms with Crippen molar-refractivity contribution in [2.24, 2.45) is 0 Å². The Labute approximate surface area is 156 Å². The molecule has 0 radical (unpaired) electrons.